The van der Waals surface area contributed by atoms with Crippen LogP contribution in [0, 0.1) is 11.3 Å². The lowest BCUT2D eigenvalue weighted by Gasteiger charge is -2.36. The smallest absolute Gasteiger partial charge is 0.116 e. The predicted octanol–water partition coefficient (Wildman–Crippen LogP) is 0.599. The molecule has 1 fully saturated rings. The molecule has 0 bridgehead atoms. The molecule has 1 saturated heterocycles. The van der Waals surface area contributed by atoms with Crippen molar-refractivity contribution < 1.29 is 4.74 Å². The molecule has 1 N–H and O–H groups in total. The third kappa shape index (κ3) is 3.45. The van der Waals surface area contributed by atoms with Crippen molar-refractivity contribution in [2.24, 2.45) is 0 Å². The molecule has 0 amide bonds. The number of nitrogens with zero attached hydrogens (tertiary/aromatic N) is 2. The Hall–Kier alpha value is -0.630. The molecule has 0 radical (unpaired) electrons. The van der Waals surface area contributed by atoms with Gasteiger partial charge in [-0.15, -0.1) is 0 Å². The number of ether oxygens (including phenoxy) is 1. The van der Waals surface area contributed by atoms with Gasteiger partial charge in [-0.05, 0) is 20.4 Å². The van der Waals surface area contributed by atoms with E-state index >= 15 is 0 Å². The molecule has 0 saturated carbocycles. The maximum atomic E-state index is 9.07. The van der Waals surface area contributed by atoms with Crippen LogP contribution in [0.4, 0.5) is 0 Å². The van der Waals surface area contributed by atoms with Crippen LogP contribution in [-0.4, -0.2) is 49.8 Å². The molecule has 4 heteroatoms. The molecule has 4 nitrogen and oxygen atoms in total. The Kier molecular flexibility index (Phi) is 4.52. The summed E-state index contributed by atoms with van der Waals surface area (Å²) in [5, 5.41) is 12.1. The lowest BCUT2D eigenvalue weighted by molar-refractivity contribution is -0.0339. The van der Waals surface area contributed by atoms with Gasteiger partial charge in [-0.3, -0.25) is 4.90 Å². The van der Waals surface area contributed by atoms with E-state index in [2.05, 4.69) is 23.2 Å². The Balaban J connectivity index is 2.47. The number of rotatable bonds is 4. The molecule has 0 aromatic heterocycles. The van der Waals surface area contributed by atoms with Gasteiger partial charge in [0.05, 0.1) is 18.8 Å². The number of hydrogen-bond acceptors (Lipinski definition) is 4. The summed E-state index contributed by atoms with van der Waals surface area (Å²) in [4.78, 5) is 2.30. The predicted molar refractivity (Wildman–Crippen MR) is 59.5 cm³/mol. The molecule has 0 spiro atoms. The average molecular weight is 211 g/mol. The van der Waals surface area contributed by atoms with Gasteiger partial charge in [-0.1, -0.05) is 6.92 Å². The van der Waals surface area contributed by atoms with Crippen molar-refractivity contribution in [2.45, 2.75) is 31.9 Å². The monoisotopic (exact) mass is 211 g/mol. The summed E-state index contributed by atoms with van der Waals surface area (Å²) in [7, 11) is 1.83. The summed E-state index contributed by atoms with van der Waals surface area (Å²) in [6.07, 6.45) is 1.37. The van der Waals surface area contributed by atoms with Gasteiger partial charge in [0.2, 0.25) is 0 Å². The highest BCUT2D eigenvalue weighted by Gasteiger charge is 2.28. The number of likely N-dealkylation sites (N-methyl/N-ethyl adjacent to an activating group) is 1. The first-order valence-corrected chi connectivity index (χ1v) is 5.57. The maximum Gasteiger partial charge on any atom is 0.116 e. The Morgan fingerprint density at radius 3 is 2.93 bits per heavy atom. The molecule has 1 aliphatic rings. The maximum absolute atomic E-state index is 9.07. The zero-order valence-electron chi connectivity index (χ0n) is 9.92. The zero-order valence-corrected chi connectivity index (χ0v) is 9.92. The highest BCUT2D eigenvalue weighted by Crippen LogP contribution is 2.12. The van der Waals surface area contributed by atoms with Crippen LogP contribution in [0.25, 0.3) is 0 Å². The van der Waals surface area contributed by atoms with Gasteiger partial charge >= 0.3 is 0 Å². The van der Waals surface area contributed by atoms with E-state index in [-0.39, 0.29) is 0 Å². The first-order chi connectivity index (χ1) is 7.13. The van der Waals surface area contributed by atoms with Gasteiger partial charge in [-0.25, -0.2) is 0 Å². The highest BCUT2D eigenvalue weighted by molar-refractivity contribution is 5.05. The third-order valence-electron chi connectivity index (χ3n) is 3.02. The fourth-order valence-corrected chi connectivity index (χ4v) is 1.79. The van der Waals surface area contributed by atoms with Crippen molar-refractivity contribution in [2.75, 3.05) is 33.3 Å². The second kappa shape index (κ2) is 5.45. The summed E-state index contributed by atoms with van der Waals surface area (Å²) in [5.74, 6) is 0. The van der Waals surface area contributed by atoms with Crippen LogP contribution in [0.3, 0.4) is 0 Å². The number of nitrogens with one attached hydrogen (secondary N) is 1. The Bertz CT molecular complexity index is 238. The normalized spacial score (nSPS) is 26.9. The van der Waals surface area contributed by atoms with Crippen LogP contribution in [0.5, 0.6) is 0 Å². The van der Waals surface area contributed by atoms with E-state index in [4.69, 9.17) is 10.00 Å². The zero-order chi connectivity index (χ0) is 11.3. The van der Waals surface area contributed by atoms with Gasteiger partial charge < -0.3 is 10.1 Å². The van der Waals surface area contributed by atoms with Gasteiger partial charge in [0, 0.05) is 19.6 Å². The number of nitriles is 1. The summed E-state index contributed by atoms with van der Waals surface area (Å²) >= 11 is 0. The van der Waals surface area contributed by atoms with Crippen molar-refractivity contribution in [1.82, 2.24) is 10.2 Å². The van der Waals surface area contributed by atoms with Crippen LogP contribution >= 0.6 is 0 Å². The summed E-state index contributed by atoms with van der Waals surface area (Å²) in [6, 6.07) is 2.31. The average Bonchev–Trinajstić information content (AvgIpc) is 2.29. The molecular weight excluding hydrogens is 190 g/mol. The first kappa shape index (κ1) is 12.4. The summed E-state index contributed by atoms with van der Waals surface area (Å²) < 4.78 is 5.59. The minimum absolute atomic E-state index is 0.332. The van der Waals surface area contributed by atoms with Crippen molar-refractivity contribution in [3.63, 3.8) is 0 Å². The van der Waals surface area contributed by atoms with E-state index in [0.717, 1.165) is 32.7 Å². The van der Waals surface area contributed by atoms with Crippen molar-refractivity contribution >= 4 is 0 Å². The molecular formula is C11H21N3O. The van der Waals surface area contributed by atoms with Gasteiger partial charge in [-0.2, -0.15) is 5.26 Å². The quantitative estimate of drug-likeness (QED) is 0.739. The topological polar surface area (TPSA) is 48.3 Å². The second-order valence-corrected chi connectivity index (χ2v) is 4.33. The molecule has 15 heavy (non-hydrogen) atoms. The lowest BCUT2D eigenvalue weighted by atomic mass is 10.0. The van der Waals surface area contributed by atoms with E-state index < -0.39 is 5.54 Å². The van der Waals surface area contributed by atoms with E-state index in [1.165, 1.54) is 0 Å². The highest BCUT2D eigenvalue weighted by atomic mass is 16.5. The van der Waals surface area contributed by atoms with Crippen LogP contribution in [0.15, 0.2) is 0 Å². The number of hydrogen-bond donors (Lipinski definition) is 1. The van der Waals surface area contributed by atoms with Gasteiger partial charge in [0.1, 0.15) is 5.54 Å². The minimum Gasteiger partial charge on any atom is -0.376 e. The molecule has 0 aromatic carbocycles. The fraction of sp³-hybridized carbons (Fsp3) is 0.909. The van der Waals surface area contributed by atoms with E-state index in [1.807, 2.05) is 14.0 Å². The molecule has 1 rings (SSSR count). The molecule has 86 valence electrons. The molecule has 2 unspecified atom stereocenters. The van der Waals surface area contributed by atoms with Crippen molar-refractivity contribution in [1.29, 1.82) is 5.26 Å². The fourth-order valence-electron chi connectivity index (χ4n) is 1.79. The Morgan fingerprint density at radius 2 is 2.40 bits per heavy atom. The van der Waals surface area contributed by atoms with E-state index in [0.29, 0.717) is 6.10 Å². The van der Waals surface area contributed by atoms with Crippen LogP contribution in [0.2, 0.25) is 0 Å². The largest absolute Gasteiger partial charge is 0.376 e. The Labute approximate surface area is 92.2 Å². The summed E-state index contributed by atoms with van der Waals surface area (Å²) in [5.41, 5.74) is -0.449. The molecule has 2 atom stereocenters. The lowest BCUT2D eigenvalue weighted by Crippen LogP contribution is -2.53. The van der Waals surface area contributed by atoms with Gasteiger partial charge in [0.15, 0.2) is 0 Å². The van der Waals surface area contributed by atoms with Crippen molar-refractivity contribution in [3.05, 3.63) is 0 Å². The molecule has 1 heterocycles. The van der Waals surface area contributed by atoms with Crippen molar-refractivity contribution in [3.8, 4) is 6.07 Å². The molecule has 0 aromatic rings. The minimum atomic E-state index is -0.449. The molecule has 0 aliphatic carbocycles. The van der Waals surface area contributed by atoms with Crippen LogP contribution in [0.1, 0.15) is 20.3 Å². The Morgan fingerprint density at radius 1 is 1.67 bits per heavy atom. The van der Waals surface area contributed by atoms with E-state index in [1.54, 1.807) is 0 Å². The molecule has 1 aliphatic heterocycles. The SMILES string of the molecule is CCC1CN(CC(C)(C#N)NC)CCO1. The third-order valence-corrected chi connectivity index (χ3v) is 3.02. The van der Waals surface area contributed by atoms with Gasteiger partial charge in [0.25, 0.3) is 0 Å². The van der Waals surface area contributed by atoms with Crippen LogP contribution < -0.4 is 5.32 Å². The second-order valence-electron chi connectivity index (χ2n) is 4.33. The summed E-state index contributed by atoms with van der Waals surface area (Å²) in [6.45, 7) is 7.48. The standard InChI is InChI=1S/C11H21N3O/c1-4-10-7-14(5-6-15-10)9-11(2,8-12)13-3/h10,13H,4-7,9H2,1-3H3. The van der Waals surface area contributed by atoms with E-state index in [9.17, 15) is 0 Å². The van der Waals surface area contributed by atoms with Crippen LogP contribution in [-0.2, 0) is 4.74 Å². The first-order valence-electron chi connectivity index (χ1n) is 5.57. The number of morpholine rings is 1.